The van der Waals surface area contributed by atoms with Gasteiger partial charge in [0.05, 0.1) is 6.61 Å². The average Bonchev–Trinajstić information content (AvgIpc) is 2.78. The molecule has 1 aliphatic heterocycles. The summed E-state index contributed by atoms with van der Waals surface area (Å²) in [5.41, 5.74) is -8.26. The Labute approximate surface area is 155 Å². The molecule has 5 saturated carbocycles. The lowest BCUT2D eigenvalue weighted by atomic mass is 9.24. The Bertz CT molecular complexity index is 939. The predicted molar refractivity (Wildman–Crippen MR) is 87.9 cm³/mol. The summed E-state index contributed by atoms with van der Waals surface area (Å²) in [5.74, 6) is -3.17. The van der Waals surface area contributed by atoms with Crippen molar-refractivity contribution < 1.29 is 34.4 Å². The Morgan fingerprint density at radius 2 is 1.81 bits per heavy atom. The fourth-order valence-electron chi connectivity index (χ4n) is 9.70. The van der Waals surface area contributed by atoms with Crippen LogP contribution in [0, 0.1) is 33.5 Å². The monoisotopic (exact) mass is 374 g/mol. The number of rotatable bonds is 1. The molecule has 9 atom stereocenters. The van der Waals surface area contributed by atoms with Crippen LogP contribution in [0.2, 0.25) is 0 Å². The first-order valence-corrected chi connectivity index (χ1v) is 9.50. The van der Waals surface area contributed by atoms with E-state index in [4.69, 9.17) is 4.74 Å². The van der Waals surface area contributed by atoms with Gasteiger partial charge in [-0.05, 0) is 25.3 Å². The van der Waals surface area contributed by atoms with Crippen LogP contribution in [0.15, 0.2) is 11.6 Å². The number of allylic oxidation sites excluding steroid dienone is 1. The molecule has 2 unspecified atom stereocenters. The van der Waals surface area contributed by atoms with Gasteiger partial charge in [-0.1, -0.05) is 19.4 Å². The third-order valence-corrected chi connectivity index (χ3v) is 10.3. The van der Waals surface area contributed by atoms with Crippen LogP contribution in [0.4, 0.5) is 0 Å². The lowest BCUT2D eigenvalue weighted by Crippen LogP contribution is -2.84. The van der Waals surface area contributed by atoms with E-state index < -0.39 is 74.9 Å². The lowest BCUT2D eigenvalue weighted by molar-refractivity contribution is -0.341. The van der Waals surface area contributed by atoms with Gasteiger partial charge in [0.15, 0.2) is 22.8 Å². The van der Waals surface area contributed by atoms with Gasteiger partial charge in [0.25, 0.3) is 0 Å². The number of ketones is 2. The van der Waals surface area contributed by atoms with Crippen LogP contribution < -0.4 is 0 Å². The number of hydrogen-bond acceptors (Lipinski definition) is 7. The molecular formula is C20H22O7. The Kier molecular flexibility index (Phi) is 2.23. The number of esters is 1. The zero-order valence-corrected chi connectivity index (χ0v) is 15.4. The van der Waals surface area contributed by atoms with Gasteiger partial charge in [0.2, 0.25) is 0 Å². The SMILES string of the molecule is CC1=CC(=O)[C@]2(O)[C@]3(O)C(=O)[C@H]4C5(CO)C6C[C@@]1([C@@]3(C)[C@@H]5CC(=O)O6)[C@@]42C. The van der Waals surface area contributed by atoms with Crippen LogP contribution >= 0.6 is 0 Å². The van der Waals surface area contributed by atoms with E-state index in [9.17, 15) is 29.7 Å². The van der Waals surface area contributed by atoms with Crippen LogP contribution in [-0.2, 0) is 19.1 Å². The Hall–Kier alpha value is -1.57. The number of hydrogen-bond donors (Lipinski definition) is 3. The van der Waals surface area contributed by atoms with Crippen molar-refractivity contribution in [3.05, 3.63) is 11.6 Å². The van der Waals surface area contributed by atoms with Gasteiger partial charge in [0, 0.05) is 34.0 Å². The standard InChI is InChI=1S/C20H22O7/c1-8-4-10(22)19(25)16(3)13-14(24)20(19,26)15(2)9-5-12(23)27-11(6-18(8,15)16)17(9,13)7-21/h4,9,11,13,21,25-26H,5-7H2,1-3H3/t9-,11?,13+,15+,16+,17?,18+,19+,20-/m0/s1. The van der Waals surface area contributed by atoms with Gasteiger partial charge >= 0.3 is 5.97 Å². The molecule has 7 rings (SSSR count). The third-order valence-electron chi connectivity index (χ3n) is 10.3. The topological polar surface area (TPSA) is 121 Å². The molecule has 7 nitrogen and oxygen atoms in total. The average molecular weight is 374 g/mol. The zero-order chi connectivity index (χ0) is 19.6. The summed E-state index contributed by atoms with van der Waals surface area (Å²) < 4.78 is 5.64. The molecule has 7 aliphatic rings. The van der Waals surface area contributed by atoms with Crippen LogP contribution in [0.25, 0.3) is 0 Å². The van der Waals surface area contributed by atoms with Gasteiger partial charge in [-0.3, -0.25) is 14.4 Å². The second kappa shape index (κ2) is 3.67. The molecule has 7 heteroatoms. The van der Waals surface area contributed by atoms with Crippen molar-refractivity contribution >= 4 is 17.5 Å². The summed E-state index contributed by atoms with van der Waals surface area (Å²) in [4.78, 5) is 39.0. The molecule has 0 radical (unpaired) electrons. The number of carbonyl (C=O) groups excluding carboxylic acids is 3. The van der Waals surface area contributed by atoms with Crippen LogP contribution in [0.1, 0.15) is 33.6 Å². The second-order valence-electron chi connectivity index (χ2n) is 9.93. The molecule has 27 heavy (non-hydrogen) atoms. The molecule has 1 saturated heterocycles. The van der Waals surface area contributed by atoms with E-state index in [1.54, 1.807) is 20.8 Å². The molecule has 0 amide bonds. The van der Waals surface area contributed by atoms with Crippen LogP contribution in [-0.4, -0.2) is 56.8 Å². The number of carbonyl (C=O) groups is 3. The van der Waals surface area contributed by atoms with Crippen molar-refractivity contribution in [2.75, 3.05) is 6.61 Å². The van der Waals surface area contributed by atoms with Gasteiger partial charge in [-0.2, -0.15) is 0 Å². The summed E-state index contributed by atoms with van der Waals surface area (Å²) in [5, 5.41) is 34.2. The highest BCUT2D eigenvalue weighted by molar-refractivity contribution is 6.15. The number of ether oxygens (including phenoxy) is 1. The van der Waals surface area contributed by atoms with Crippen molar-refractivity contribution in [2.45, 2.75) is 50.9 Å². The first-order valence-electron chi connectivity index (χ1n) is 9.50. The molecule has 144 valence electrons. The van der Waals surface area contributed by atoms with E-state index in [0.29, 0.717) is 0 Å². The molecule has 8 bridgehead atoms. The van der Waals surface area contributed by atoms with Crippen molar-refractivity contribution in [1.29, 1.82) is 0 Å². The Balaban J connectivity index is 1.85. The number of aliphatic hydroxyl groups is 3. The molecule has 1 spiro atoms. The summed E-state index contributed by atoms with van der Waals surface area (Å²) in [7, 11) is 0. The molecule has 6 fully saturated rings. The fraction of sp³-hybridized carbons (Fsp3) is 0.750. The van der Waals surface area contributed by atoms with E-state index in [-0.39, 0.29) is 12.8 Å². The predicted octanol–water partition coefficient (Wildman–Crippen LogP) is -0.483. The second-order valence-corrected chi connectivity index (χ2v) is 9.93. The molecule has 3 N–H and O–H groups in total. The largest absolute Gasteiger partial charge is 0.462 e. The molecule has 0 aromatic rings. The maximum absolute atomic E-state index is 13.6. The number of Topliss-reactive ketones (excluding diaryl/α,β-unsaturated/α-hetero) is 1. The highest BCUT2D eigenvalue weighted by Crippen LogP contribution is 2.95. The summed E-state index contributed by atoms with van der Waals surface area (Å²) in [6, 6.07) is 0. The highest BCUT2D eigenvalue weighted by atomic mass is 16.5. The van der Waals surface area contributed by atoms with Crippen LogP contribution in [0.5, 0.6) is 0 Å². The smallest absolute Gasteiger partial charge is 0.306 e. The van der Waals surface area contributed by atoms with E-state index in [0.717, 1.165) is 5.57 Å². The first kappa shape index (κ1) is 16.4. The third kappa shape index (κ3) is 0.922. The Morgan fingerprint density at radius 1 is 1.15 bits per heavy atom. The van der Waals surface area contributed by atoms with Crippen LogP contribution in [0.3, 0.4) is 0 Å². The molecule has 1 heterocycles. The van der Waals surface area contributed by atoms with E-state index >= 15 is 0 Å². The lowest BCUT2D eigenvalue weighted by Gasteiger charge is -2.78. The van der Waals surface area contributed by atoms with E-state index in [2.05, 4.69) is 0 Å². The summed E-state index contributed by atoms with van der Waals surface area (Å²) in [6.07, 6.45) is 0.928. The van der Waals surface area contributed by atoms with Crippen molar-refractivity contribution in [3.8, 4) is 0 Å². The molecular weight excluding hydrogens is 352 g/mol. The van der Waals surface area contributed by atoms with E-state index in [1.165, 1.54) is 6.08 Å². The van der Waals surface area contributed by atoms with E-state index in [1.807, 2.05) is 0 Å². The van der Waals surface area contributed by atoms with Crippen molar-refractivity contribution in [1.82, 2.24) is 0 Å². The first-order chi connectivity index (χ1) is 12.5. The van der Waals surface area contributed by atoms with Gasteiger partial charge in [-0.15, -0.1) is 0 Å². The molecule has 0 aromatic carbocycles. The maximum Gasteiger partial charge on any atom is 0.306 e. The summed E-state index contributed by atoms with van der Waals surface area (Å²) >= 11 is 0. The quantitative estimate of drug-likeness (QED) is 0.530. The normalized spacial score (nSPS) is 64.3. The van der Waals surface area contributed by atoms with Crippen molar-refractivity contribution in [3.63, 3.8) is 0 Å². The minimum atomic E-state index is -2.28. The van der Waals surface area contributed by atoms with Gasteiger partial charge in [0.1, 0.15) is 6.10 Å². The minimum Gasteiger partial charge on any atom is -0.462 e. The van der Waals surface area contributed by atoms with Gasteiger partial charge in [-0.25, -0.2) is 0 Å². The minimum absolute atomic E-state index is 0.0466. The van der Waals surface area contributed by atoms with Gasteiger partial charge < -0.3 is 20.1 Å². The van der Waals surface area contributed by atoms with Crippen molar-refractivity contribution in [2.24, 2.45) is 33.5 Å². The summed E-state index contributed by atoms with van der Waals surface area (Å²) in [6.45, 7) is 4.86. The number of aliphatic hydroxyl groups excluding tert-OH is 1. The maximum atomic E-state index is 13.6. The molecule has 0 aromatic heterocycles. The Morgan fingerprint density at radius 3 is 2.44 bits per heavy atom. The fourth-order valence-corrected chi connectivity index (χ4v) is 9.70. The molecule has 6 aliphatic carbocycles. The highest BCUT2D eigenvalue weighted by Gasteiger charge is 3.05. The zero-order valence-electron chi connectivity index (χ0n) is 15.4.